The standard InChI is InChI=1S/C24H46BrN3O4SSi/c1-8-24(31-14-15-32-24)13-11-9-10-12-20(27-33(29)23(2,3)4)22-26-18-21(25)28(22)19-30-16-17-34(5,6)7/h18,20,27H,8-17,19H2,1-7H3/t20-,33+/m0/s1. The number of nitrogens with one attached hydrogen (secondary N) is 1. The fraction of sp³-hybridized carbons (Fsp3) is 0.875. The summed E-state index contributed by atoms with van der Waals surface area (Å²) in [7, 11) is -1.15. The molecule has 0 bridgehead atoms. The van der Waals surface area contributed by atoms with Crippen molar-refractivity contribution in [1.82, 2.24) is 14.3 Å². The van der Waals surface area contributed by atoms with Gasteiger partial charge in [0.15, 0.2) is 5.79 Å². The number of imidazole rings is 1. The largest absolute Gasteiger partial charge is 0.598 e. The number of rotatable bonds is 15. The van der Waals surface area contributed by atoms with E-state index in [2.05, 4.69) is 52.2 Å². The number of unbranched alkanes of at least 4 members (excludes halogenated alkanes) is 2. The van der Waals surface area contributed by atoms with Crippen LogP contribution in [0.15, 0.2) is 10.8 Å². The molecule has 0 aromatic carbocycles. The van der Waals surface area contributed by atoms with Gasteiger partial charge in [-0.3, -0.25) is 4.57 Å². The molecule has 2 atom stereocenters. The van der Waals surface area contributed by atoms with E-state index in [1.54, 1.807) is 0 Å². The van der Waals surface area contributed by atoms with E-state index in [1.807, 2.05) is 31.5 Å². The van der Waals surface area contributed by atoms with Gasteiger partial charge in [0.25, 0.3) is 0 Å². The Bertz CT molecular complexity index is 733. The van der Waals surface area contributed by atoms with E-state index in [4.69, 9.17) is 14.2 Å². The lowest BCUT2D eigenvalue weighted by Gasteiger charge is -2.28. The Kier molecular flexibility index (Phi) is 12.1. The van der Waals surface area contributed by atoms with Crippen LogP contribution in [0.1, 0.15) is 78.1 Å². The highest BCUT2D eigenvalue weighted by atomic mass is 79.9. The molecule has 1 fully saturated rings. The molecule has 0 radical (unpaired) electrons. The molecule has 34 heavy (non-hydrogen) atoms. The van der Waals surface area contributed by atoms with Gasteiger partial charge >= 0.3 is 0 Å². The van der Waals surface area contributed by atoms with Gasteiger partial charge in [-0.25, -0.2) is 4.98 Å². The van der Waals surface area contributed by atoms with Crippen molar-refractivity contribution in [2.24, 2.45) is 0 Å². The molecule has 1 saturated heterocycles. The zero-order valence-corrected chi connectivity index (χ0v) is 25.6. The first kappa shape index (κ1) is 30.3. The second kappa shape index (κ2) is 13.6. The summed E-state index contributed by atoms with van der Waals surface area (Å²) in [4.78, 5) is 4.67. The Balaban J connectivity index is 2.00. The van der Waals surface area contributed by atoms with Gasteiger partial charge in [0, 0.05) is 32.5 Å². The first-order valence-electron chi connectivity index (χ1n) is 12.6. The fourth-order valence-corrected chi connectivity index (χ4v) is 5.78. The van der Waals surface area contributed by atoms with Crippen molar-refractivity contribution < 1.29 is 18.8 Å². The van der Waals surface area contributed by atoms with Crippen molar-refractivity contribution in [1.29, 1.82) is 0 Å². The summed E-state index contributed by atoms with van der Waals surface area (Å²) in [6.07, 6.45) is 7.56. The minimum Gasteiger partial charge on any atom is -0.598 e. The van der Waals surface area contributed by atoms with Crippen molar-refractivity contribution in [2.75, 3.05) is 19.8 Å². The molecule has 0 amide bonds. The highest BCUT2D eigenvalue weighted by Crippen LogP contribution is 2.31. The van der Waals surface area contributed by atoms with Crippen LogP contribution in [0.3, 0.4) is 0 Å². The smallest absolute Gasteiger partial charge is 0.168 e. The number of aromatic nitrogens is 2. The van der Waals surface area contributed by atoms with Crippen LogP contribution in [0.4, 0.5) is 0 Å². The quantitative estimate of drug-likeness (QED) is 0.152. The normalized spacial score (nSPS) is 18.4. The van der Waals surface area contributed by atoms with Crippen molar-refractivity contribution >= 4 is 35.4 Å². The van der Waals surface area contributed by atoms with Crippen LogP contribution in [0, 0.1) is 0 Å². The van der Waals surface area contributed by atoms with Crippen LogP contribution in [-0.2, 0) is 32.3 Å². The highest BCUT2D eigenvalue weighted by Gasteiger charge is 2.34. The van der Waals surface area contributed by atoms with Crippen LogP contribution in [0.5, 0.6) is 0 Å². The Morgan fingerprint density at radius 2 is 1.94 bits per heavy atom. The summed E-state index contributed by atoms with van der Waals surface area (Å²) in [5.74, 6) is 0.477. The molecule has 0 unspecified atom stereocenters. The van der Waals surface area contributed by atoms with Gasteiger partial charge in [-0.1, -0.05) is 39.4 Å². The third kappa shape index (κ3) is 9.84. The van der Waals surface area contributed by atoms with Gasteiger partial charge < -0.3 is 18.8 Å². The monoisotopic (exact) mass is 579 g/mol. The average molecular weight is 581 g/mol. The molecule has 1 aliphatic rings. The van der Waals surface area contributed by atoms with E-state index in [1.165, 1.54) is 0 Å². The highest BCUT2D eigenvalue weighted by molar-refractivity contribution is 9.10. The molecule has 2 heterocycles. The zero-order chi connectivity index (χ0) is 25.4. The molecule has 0 aliphatic carbocycles. The molecular weight excluding hydrogens is 534 g/mol. The van der Waals surface area contributed by atoms with Crippen molar-refractivity contribution in [3.63, 3.8) is 0 Å². The molecule has 1 aromatic rings. The fourth-order valence-electron chi connectivity index (χ4n) is 3.80. The molecule has 1 aliphatic heterocycles. The van der Waals surface area contributed by atoms with Gasteiger partial charge in [-0.15, -0.1) is 4.72 Å². The first-order chi connectivity index (χ1) is 15.9. The third-order valence-electron chi connectivity index (χ3n) is 6.07. The second-order valence-corrected chi connectivity index (χ2v) is 19.8. The Labute approximate surface area is 219 Å². The second-order valence-electron chi connectivity index (χ2n) is 11.3. The molecular formula is C24H46BrN3O4SSi. The zero-order valence-electron chi connectivity index (χ0n) is 22.2. The molecule has 1 aromatic heterocycles. The van der Waals surface area contributed by atoms with Crippen molar-refractivity contribution in [3.8, 4) is 0 Å². The average Bonchev–Trinajstić information content (AvgIpc) is 3.36. The Hall–Kier alpha value is 0.0569. The molecule has 7 nitrogen and oxygen atoms in total. The third-order valence-corrected chi connectivity index (χ3v) is 10.0. The van der Waals surface area contributed by atoms with E-state index >= 15 is 0 Å². The lowest BCUT2D eigenvalue weighted by atomic mass is 10.0. The Morgan fingerprint density at radius 3 is 2.53 bits per heavy atom. The first-order valence-corrected chi connectivity index (χ1v) is 18.3. The van der Waals surface area contributed by atoms with Gasteiger partial charge in [0.1, 0.15) is 27.9 Å². The van der Waals surface area contributed by atoms with E-state index < -0.39 is 19.4 Å². The predicted molar refractivity (Wildman–Crippen MR) is 146 cm³/mol. The SMILES string of the molecule is CCC1(CCCCC[C@H](N[S@+]([O-])C(C)(C)C)c2ncc(Br)n2COCC[Si](C)(C)C)OCCO1. The molecule has 1 N–H and O–H groups in total. The van der Waals surface area contributed by atoms with Crippen LogP contribution < -0.4 is 4.72 Å². The van der Waals surface area contributed by atoms with Crippen molar-refractivity contribution in [2.45, 2.75) is 115 Å². The topological polar surface area (TPSA) is 80.6 Å². The van der Waals surface area contributed by atoms with Crippen LogP contribution in [-0.4, -0.2) is 52.5 Å². The molecule has 2 rings (SSSR count). The summed E-state index contributed by atoms with van der Waals surface area (Å²) in [5, 5.41) is 0. The minimum absolute atomic E-state index is 0.119. The Morgan fingerprint density at radius 1 is 1.26 bits per heavy atom. The molecule has 0 spiro atoms. The molecule has 10 heteroatoms. The lowest BCUT2D eigenvalue weighted by Crippen LogP contribution is -2.42. The van der Waals surface area contributed by atoms with E-state index in [9.17, 15) is 4.55 Å². The van der Waals surface area contributed by atoms with Crippen LogP contribution >= 0.6 is 15.9 Å². The number of hydrogen-bond acceptors (Lipinski definition) is 6. The summed E-state index contributed by atoms with van der Waals surface area (Å²) in [5.41, 5.74) is 0. The number of ether oxygens (including phenoxy) is 3. The van der Waals surface area contributed by atoms with Gasteiger partial charge in [-0.05, 0) is 62.0 Å². The van der Waals surface area contributed by atoms with E-state index in [-0.39, 0.29) is 16.6 Å². The maximum absolute atomic E-state index is 13.0. The van der Waals surface area contributed by atoms with E-state index in [0.29, 0.717) is 19.9 Å². The summed E-state index contributed by atoms with van der Waals surface area (Å²) < 4.78 is 36.6. The number of halogens is 1. The molecule has 0 saturated carbocycles. The summed E-state index contributed by atoms with van der Waals surface area (Å²) in [6.45, 7) is 17.7. The van der Waals surface area contributed by atoms with Gasteiger partial charge in [0.2, 0.25) is 0 Å². The van der Waals surface area contributed by atoms with Crippen LogP contribution in [0.25, 0.3) is 0 Å². The predicted octanol–water partition coefficient (Wildman–Crippen LogP) is 6.15. The summed E-state index contributed by atoms with van der Waals surface area (Å²) >= 11 is 2.43. The minimum atomic E-state index is -1.20. The van der Waals surface area contributed by atoms with Gasteiger partial charge in [-0.2, -0.15) is 0 Å². The summed E-state index contributed by atoms with van der Waals surface area (Å²) in [6, 6.07) is 1.00. The van der Waals surface area contributed by atoms with Crippen molar-refractivity contribution in [3.05, 3.63) is 16.6 Å². The maximum Gasteiger partial charge on any atom is 0.168 e. The van der Waals surface area contributed by atoms with E-state index in [0.717, 1.165) is 61.6 Å². The number of hydrogen-bond donors (Lipinski definition) is 1. The number of nitrogens with zero attached hydrogens (tertiary/aromatic N) is 2. The van der Waals surface area contributed by atoms with Gasteiger partial charge in [0.05, 0.1) is 19.4 Å². The lowest BCUT2D eigenvalue weighted by molar-refractivity contribution is -0.164. The van der Waals surface area contributed by atoms with Crippen LogP contribution in [0.2, 0.25) is 25.7 Å². The molecule has 198 valence electrons. The maximum atomic E-state index is 13.0.